The van der Waals surface area contributed by atoms with E-state index in [4.69, 9.17) is 5.11 Å². The number of halogens is 1. The molecule has 0 amide bonds. The first kappa shape index (κ1) is 10.8. The summed E-state index contributed by atoms with van der Waals surface area (Å²) in [6, 6.07) is 6.15. The molecule has 0 aliphatic carbocycles. The minimum atomic E-state index is 0.0602. The third-order valence-corrected chi connectivity index (χ3v) is 4.01. The van der Waals surface area contributed by atoms with Crippen LogP contribution in [0.15, 0.2) is 28.9 Å². The Bertz CT molecular complexity index is 481. The van der Waals surface area contributed by atoms with Crippen molar-refractivity contribution in [1.82, 2.24) is 4.98 Å². The number of aliphatic hydroxyl groups is 1. The number of benzene rings is 1. The Morgan fingerprint density at radius 1 is 1.47 bits per heavy atom. The van der Waals surface area contributed by atoms with Crippen LogP contribution in [0.5, 0.6) is 0 Å². The highest BCUT2D eigenvalue weighted by molar-refractivity contribution is 9.10. The fourth-order valence-electron chi connectivity index (χ4n) is 1.24. The van der Waals surface area contributed by atoms with Crippen molar-refractivity contribution >= 4 is 27.3 Å². The molecular formula is C11H10BrNOS. The zero-order chi connectivity index (χ0) is 10.8. The molecule has 2 nitrogen and oxygen atoms in total. The molecule has 0 aliphatic rings. The maximum absolute atomic E-state index is 8.96. The standard InChI is InChI=1S/C11H10BrNOS/c1-7-2-3-8(4-10(7)12)11-13-5-9(6-14)15-11/h2-5,14H,6H2,1H3. The van der Waals surface area contributed by atoms with E-state index in [1.807, 2.05) is 6.07 Å². The van der Waals surface area contributed by atoms with E-state index < -0.39 is 0 Å². The number of nitrogens with zero attached hydrogens (tertiary/aromatic N) is 1. The molecule has 0 spiro atoms. The van der Waals surface area contributed by atoms with Crippen LogP contribution in [0.1, 0.15) is 10.4 Å². The first-order chi connectivity index (χ1) is 7.20. The Morgan fingerprint density at radius 3 is 2.87 bits per heavy atom. The average Bonchev–Trinajstić information content (AvgIpc) is 2.70. The Balaban J connectivity index is 2.40. The van der Waals surface area contributed by atoms with Gasteiger partial charge < -0.3 is 5.11 Å². The minimum absolute atomic E-state index is 0.0602. The van der Waals surface area contributed by atoms with Gasteiger partial charge in [-0.25, -0.2) is 4.98 Å². The topological polar surface area (TPSA) is 33.1 Å². The van der Waals surface area contributed by atoms with Crippen molar-refractivity contribution in [3.63, 3.8) is 0 Å². The first-order valence-corrected chi connectivity index (χ1v) is 6.14. The molecule has 0 radical (unpaired) electrons. The normalized spacial score (nSPS) is 10.6. The molecule has 0 aliphatic heterocycles. The number of hydrogen-bond donors (Lipinski definition) is 1. The maximum Gasteiger partial charge on any atom is 0.123 e. The van der Waals surface area contributed by atoms with E-state index in [1.165, 1.54) is 16.9 Å². The number of thiazole rings is 1. The Hall–Kier alpha value is -0.710. The summed E-state index contributed by atoms with van der Waals surface area (Å²) in [6.07, 6.45) is 1.72. The van der Waals surface area contributed by atoms with Crippen LogP contribution in [0, 0.1) is 6.92 Å². The molecule has 2 rings (SSSR count). The number of hydrogen-bond acceptors (Lipinski definition) is 3. The zero-order valence-corrected chi connectivity index (χ0v) is 10.6. The lowest BCUT2D eigenvalue weighted by atomic mass is 10.2. The molecule has 0 unspecified atom stereocenters. The Morgan fingerprint density at radius 2 is 2.27 bits per heavy atom. The monoisotopic (exact) mass is 283 g/mol. The van der Waals surface area contributed by atoms with Crippen LogP contribution >= 0.6 is 27.3 Å². The second-order valence-corrected chi connectivity index (χ2v) is 5.22. The van der Waals surface area contributed by atoms with E-state index in [0.717, 1.165) is 19.9 Å². The molecule has 0 fully saturated rings. The SMILES string of the molecule is Cc1ccc(-c2ncc(CO)s2)cc1Br. The quantitative estimate of drug-likeness (QED) is 0.917. The number of aromatic nitrogens is 1. The van der Waals surface area contributed by atoms with Gasteiger partial charge in [0, 0.05) is 16.2 Å². The van der Waals surface area contributed by atoms with Crippen LogP contribution in [0.4, 0.5) is 0 Å². The van der Waals surface area contributed by atoms with Crippen LogP contribution in [0.3, 0.4) is 0 Å². The summed E-state index contributed by atoms with van der Waals surface area (Å²) in [5.74, 6) is 0. The van der Waals surface area contributed by atoms with Crippen molar-refractivity contribution in [2.75, 3.05) is 0 Å². The van der Waals surface area contributed by atoms with Crippen LogP contribution in [0.2, 0.25) is 0 Å². The van der Waals surface area contributed by atoms with E-state index in [1.54, 1.807) is 6.20 Å². The molecule has 1 heterocycles. The van der Waals surface area contributed by atoms with Crippen LogP contribution < -0.4 is 0 Å². The molecule has 2 aromatic rings. The Kier molecular flexibility index (Phi) is 3.19. The summed E-state index contributed by atoms with van der Waals surface area (Å²) in [4.78, 5) is 5.16. The predicted molar refractivity (Wildman–Crippen MR) is 65.9 cm³/mol. The van der Waals surface area contributed by atoms with E-state index in [9.17, 15) is 0 Å². The van der Waals surface area contributed by atoms with Crippen LogP contribution in [-0.2, 0) is 6.61 Å². The fourth-order valence-corrected chi connectivity index (χ4v) is 2.39. The van der Waals surface area contributed by atoms with Crippen molar-refractivity contribution < 1.29 is 5.11 Å². The molecule has 78 valence electrons. The summed E-state index contributed by atoms with van der Waals surface area (Å²) in [5.41, 5.74) is 2.29. The molecule has 1 N–H and O–H groups in total. The zero-order valence-electron chi connectivity index (χ0n) is 8.20. The predicted octanol–water partition coefficient (Wildman–Crippen LogP) is 3.37. The molecule has 0 saturated carbocycles. The largest absolute Gasteiger partial charge is 0.391 e. The van der Waals surface area contributed by atoms with Gasteiger partial charge in [-0.05, 0) is 18.6 Å². The van der Waals surface area contributed by atoms with Gasteiger partial charge in [-0.1, -0.05) is 28.1 Å². The van der Waals surface area contributed by atoms with Gasteiger partial charge in [-0.2, -0.15) is 0 Å². The molecule has 1 aromatic heterocycles. The second kappa shape index (κ2) is 4.43. The molecular weight excluding hydrogens is 274 g/mol. The Labute approximate surface area is 101 Å². The molecule has 1 aromatic carbocycles. The highest BCUT2D eigenvalue weighted by atomic mass is 79.9. The lowest BCUT2D eigenvalue weighted by molar-refractivity contribution is 0.285. The summed E-state index contributed by atoms with van der Waals surface area (Å²) in [6.45, 7) is 2.11. The van der Waals surface area contributed by atoms with E-state index in [0.29, 0.717) is 0 Å². The summed E-state index contributed by atoms with van der Waals surface area (Å²) < 4.78 is 1.08. The first-order valence-electron chi connectivity index (χ1n) is 4.53. The van der Waals surface area contributed by atoms with Gasteiger partial charge >= 0.3 is 0 Å². The molecule has 15 heavy (non-hydrogen) atoms. The van der Waals surface area contributed by atoms with Crippen molar-refractivity contribution in [2.24, 2.45) is 0 Å². The van der Waals surface area contributed by atoms with Crippen LogP contribution in [0.25, 0.3) is 10.6 Å². The summed E-state index contributed by atoms with van der Waals surface area (Å²) in [5, 5.41) is 9.90. The van der Waals surface area contributed by atoms with Gasteiger partial charge in [0.25, 0.3) is 0 Å². The number of rotatable bonds is 2. The number of aryl methyl sites for hydroxylation is 1. The van der Waals surface area contributed by atoms with Crippen molar-refractivity contribution in [3.8, 4) is 10.6 Å². The lowest BCUT2D eigenvalue weighted by Gasteiger charge is -2.00. The van der Waals surface area contributed by atoms with Gasteiger partial charge in [0.1, 0.15) is 5.01 Å². The number of aliphatic hydroxyl groups excluding tert-OH is 1. The highest BCUT2D eigenvalue weighted by Crippen LogP contribution is 2.28. The van der Waals surface area contributed by atoms with Gasteiger partial charge in [-0.15, -0.1) is 11.3 Å². The van der Waals surface area contributed by atoms with Crippen molar-refractivity contribution in [3.05, 3.63) is 39.3 Å². The van der Waals surface area contributed by atoms with Gasteiger partial charge in [0.15, 0.2) is 0 Å². The lowest BCUT2D eigenvalue weighted by Crippen LogP contribution is -1.78. The smallest absolute Gasteiger partial charge is 0.123 e. The summed E-state index contributed by atoms with van der Waals surface area (Å²) in [7, 11) is 0. The van der Waals surface area contributed by atoms with E-state index >= 15 is 0 Å². The van der Waals surface area contributed by atoms with Gasteiger partial charge in [0.05, 0.1) is 11.5 Å². The second-order valence-electron chi connectivity index (χ2n) is 3.25. The van der Waals surface area contributed by atoms with E-state index in [2.05, 4.69) is 40.0 Å². The molecule has 0 saturated heterocycles. The van der Waals surface area contributed by atoms with Crippen molar-refractivity contribution in [1.29, 1.82) is 0 Å². The fraction of sp³-hybridized carbons (Fsp3) is 0.182. The van der Waals surface area contributed by atoms with E-state index in [-0.39, 0.29) is 6.61 Å². The van der Waals surface area contributed by atoms with Crippen molar-refractivity contribution in [2.45, 2.75) is 13.5 Å². The molecule has 0 atom stereocenters. The van der Waals surface area contributed by atoms with Gasteiger partial charge in [-0.3, -0.25) is 0 Å². The van der Waals surface area contributed by atoms with Crippen LogP contribution in [-0.4, -0.2) is 10.1 Å². The average molecular weight is 284 g/mol. The summed E-state index contributed by atoms with van der Waals surface area (Å²) >= 11 is 5.01. The minimum Gasteiger partial charge on any atom is -0.391 e. The molecule has 4 heteroatoms. The molecule has 0 bridgehead atoms. The third-order valence-electron chi connectivity index (χ3n) is 2.13. The highest BCUT2D eigenvalue weighted by Gasteiger charge is 2.05. The maximum atomic E-state index is 8.96. The van der Waals surface area contributed by atoms with Gasteiger partial charge in [0.2, 0.25) is 0 Å². The third kappa shape index (κ3) is 2.27.